The number of rotatable bonds is 6. The van der Waals surface area contributed by atoms with Gasteiger partial charge in [-0.15, -0.1) is 11.3 Å². The van der Waals surface area contributed by atoms with Gasteiger partial charge in [0.1, 0.15) is 11.1 Å². The molecule has 1 unspecified atom stereocenters. The number of thiophene rings is 1. The van der Waals surface area contributed by atoms with Gasteiger partial charge in [-0.05, 0) is 73.2 Å². The number of carboxylic acid groups (broad SMARTS) is 1. The minimum absolute atomic E-state index is 0.0306. The van der Waals surface area contributed by atoms with Crippen molar-refractivity contribution in [1.29, 1.82) is 5.26 Å². The molecule has 8 nitrogen and oxygen atoms in total. The fourth-order valence-corrected chi connectivity index (χ4v) is 6.29. The molecule has 0 saturated carbocycles. The number of nitrogens with zero attached hydrogens (tertiary/aromatic N) is 1. The molecule has 0 saturated heterocycles. The van der Waals surface area contributed by atoms with E-state index in [2.05, 4.69) is 23.0 Å². The third-order valence-corrected chi connectivity index (χ3v) is 8.19. The molecular weight excluding hydrogens is 474 g/mol. The number of fused-ring (bicyclic) bond motifs is 1. The maximum Gasteiger partial charge on any atom is 0.335 e. The highest BCUT2D eigenvalue weighted by atomic mass is 32.2. The van der Waals surface area contributed by atoms with Crippen LogP contribution in [-0.2, 0) is 22.9 Å². The molecule has 0 aliphatic heterocycles. The summed E-state index contributed by atoms with van der Waals surface area (Å²) in [7, 11) is -4.02. The van der Waals surface area contributed by atoms with Crippen LogP contribution in [0.4, 0.5) is 10.7 Å². The van der Waals surface area contributed by atoms with Crippen LogP contribution in [0.2, 0.25) is 0 Å². The lowest BCUT2D eigenvalue weighted by molar-refractivity contribution is 0.0696. The zero-order valence-electron chi connectivity index (χ0n) is 18.2. The summed E-state index contributed by atoms with van der Waals surface area (Å²) in [5, 5.41) is 21.9. The lowest BCUT2D eigenvalue weighted by Crippen LogP contribution is -2.16. The Hall–Kier alpha value is -3.68. The molecule has 174 valence electrons. The summed E-state index contributed by atoms with van der Waals surface area (Å²) in [4.78, 5) is 24.9. The van der Waals surface area contributed by atoms with E-state index in [1.54, 1.807) is 0 Å². The number of hydrogen-bond acceptors (Lipinski definition) is 6. The highest BCUT2D eigenvalue weighted by molar-refractivity contribution is 7.92. The molecule has 10 heteroatoms. The minimum atomic E-state index is -4.02. The number of carboxylic acids is 1. The van der Waals surface area contributed by atoms with Gasteiger partial charge in [0, 0.05) is 16.1 Å². The summed E-state index contributed by atoms with van der Waals surface area (Å²) in [6.45, 7) is 2.16. The number of carbonyl (C=O) groups excluding carboxylic acids is 1. The van der Waals surface area contributed by atoms with E-state index in [-0.39, 0.29) is 21.7 Å². The number of benzene rings is 2. The number of nitrogens with one attached hydrogen (secondary N) is 2. The van der Waals surface area contributed by atoms with Crippen molar-refractivity contribution >= 4 is 43.9 Å². The molecule has 1 atom stereocenters. The Kier molecular flexibility index (Phi) is 6.41. The van der Waals surface area contributed by atoms with Gasteiger partial charge in [0.2, 0.25) is 0 Å². The van der Waals surface area contributed by atoms with Gasteiger partial charge in [-0.1, -0.05) is 13.0 Å². The third kappa shape index (κ3) is 4.81. The van der Waals surface area contributed by atoms with Crippen LogP contribution in [0, 0.1) is 17.2 Å². The molecule has 2 aromatic carbocycles. The number of nitriles is 1. The van der Waals surface area contributed by atoms with E-state index in [4.69, 9.17) is 5.11 Å². The molecule has 0 bridgehead atoms. The van der Waals surface area contributed by atoms with Crippen LogP contribution in [0.15, 0.2) is 53.4 Å². The lowest BCUT2D eigenvalue weighted by atomic mass is 9.88. The zero-order chi connectivity index (χ0) is 24.5. The molecular formula is C24H21N3O5S2. The summed E-state index contributed by atoms with van der Waals surface area (Å²) < 4.78 is 28.0. The van der Waals surface area contributed by atoms with Crippen LogP contribution < -0.4 is 10.0 Å². The Morgan fingerprint density at radius 3 is 2.56 bits per heavy atom. The Morgan fingerprint density at radius 2 is 1.88 bits per heavy atom. The summed E-state index contributed by atoms with van der Waals surface area (Å²) in [6.07, 6.45) is 2.67. The molecule has 1 heterocycles. The second-order valence-corrected chi connectivity index (χ2v) is 10.9. The van der Waals surface area contributed by atoms with Crippen molar-refractivity contribution in [2.45, 2.75) is 31.1 Å². The number of carbonyl (C=O) groups is 2. The van der Waals surface area contributed by atoms with E-state index >= 15 is 0 Å². The highest BCUT2D eigenvalue weighted by Gasteiger charge is 2.25. The summed E-state index contributed by atoms with van der Waals surface area (Å²) in [5.74, 6) is -1.10. The molecule has 1 aliphatic rings. The van der Waals surface area contributed by atoms with E-state index in [0.717, 1.165) is 29.7 Å². The molecule has 1 aliphatic carbocycles. The topological polar surface area (TPSA) is 136 Å². The minimum Gasteiger partial charge on any atom is -0.478 e. The first kappa shape index (κ1) is 23.5. The van der Waals surface area contributed by atoms with E-state index in [1.807, 2.05) is 0 Å². The first-order valence-corrected chi connectivity index (χ1v) is 12.8. The van der Waals surface area contributed by atoms with Gasteiger partial charge in [0.25, 0.3) is 15.9 Å². The van der Waals surface area contributed by atoms with Gasteiger partial charge in [0.15, 0.2) is 0 Å². The maximum atomic E-state index is 12.9. The number of anilines is 2. The first-order chi connectivity index (χ1) is 16.2. The zero-order valence-corrected chi connectivity index (χ0v) is 19.8. The Balaban J connectivity index is 1.55. The van der Waals surface area contributed by atoms with E-state index < -0.39 is 21.9 Å². The van der Waals surface area contributed by atoms with Gasteiger partial charge in [-0.25, -0.2) is 13.2 Å². The molecule has 0 fully saturated rings. The Bertz CT molecular complexity index is 1420. The predicted octanol–water partition coefficient (Wildman–Crippen LogP) is 4.50. The third-order valence-electron chi connectivity index (χ3n) is 5.64. The standard InChI is InChI=1S/C24H21N3O5S2/c1-14-5-10-19-20(13-25)23(33-21(19)11-14)26-22(28)16-3-2-4-18(12-16)34(31,32)27-17-8-6-15(7-9-17)24(29)30/h2-4,6-9,12,14,27H,5,10-11H2,1H3,(H,26,28)(H,29,30). The molecule has 3 aromatic rings. The Labute approximate surface area is 200 Å². The highest BCUT2D eigenvalue weighted by Crippen LogP contribution is 2.39. The van der Waals surface area contributed by atoms with Crippen LogP contribution in [0.3, 0.4) is 0 Å². The summed E-state index contributed by atoms with van der Waals surface area (Å²) in [6, 6.07) is 13.0. The SMILES string of the molecule is CC1CCc2c(sc(NC(=O)c3cccc(S(=O)(=O)Nc4ccc(C(=O)O)cc4)c3)c2C#N)C1. The van der Waals surface area contributed by atoms with Crippen molar-refractivity contribution in [2.24, 2.45) is 5.92 Å². The van der Waals surface area contributed by atoms with Gasteiger partial charge in [0.05, 0.1) is 16.0 Å². The van der Waals surface area contributed by atoms with Gasteiger partial charge < -0.3 is 10.4 Å². The van der Waals surface area contributed by atoms with Crippen molar-refractivity contribution in [1.82, 2.24) is 0 Å². The van der Waals surface area contributed by atoms with Crippen molar-refractivity contribution in [3.05, 3.63) is 75.7 Å². The van der Waals surface area contributed by atoms with Crippen LogP contribution in [0.25, 0.3) is 0 Å². The van der Waals surface area contributed by atoms with E-state index in [0.29, 0.717) is 16.5 Å². The second kappa shape index (κ2) is 9.29. The quantitative estimate of drug-likeness (QED) is 0.461. The van der Waals surface area contributed by atoms with Crippen LogP contribution in [0.1, 0.15) is 50.1 Å². The van der Waals surface area contributed by atoms with Gasteiger partial charge in [-0.3, -0.25) is 9.52 Å². The molecule has 1 aromatic heterocycles. The van der Waals surface area contributed by atoms with Crippen LogP contribution in [-0.4, -0.2) is 25.4 Å². The number of sulfonamides is 1. The average molecular weight is 496 g/mol. The van der Waals surface area contributed by atoms with Gasteiger partial charge >= 0.3 is 5.97 Å². The fraction of sp³-hybridized carbons (Fsp3) is 0.208. The van der Waals surface area contributed by atoms with Crippen molar-refractivity contribution in [3.63, 3.8) is 0 Å². The van der Waals surface area contributed by atoms with Crippen LogP contribution >= 0.6 is 11.3 Å². The van der Waals surface area contributed by atoms with E-state index in [1.165, 1.54) is 59.9 Å². The summed E-state index contributed by atoms with van der Waals surface area (Å²) in [5.41, 5.74) is 1.83. The maximum absolute atomic E-state index is 12.9. The molecule has 0 spiro atoms. The molecule has 0 radical (unpaired) electrons. The largest absolute Gasteiger partial charge is 0.478 e. The molecule has 1 amide bonds. The number of hydrogen-bond donors (Lipinski definition) is 3. The van der Waals surface area contributed by atoms with Crippen LogP contribution in [0.5, 0.6) is 0 Å². The summed E-state index contributed by atoms with van der Waals surface area (Å²) >= 11 is 1.40. The van der Waals surface area contributed by atoms with Crippen molar-refractivity contribution in [2.75, 3.05) is 10.0 Å². The van der Waals surface area contributed by atoms with Crippen molar-refractivity contribution in [3.8, 4) is 6.07 Å². The Morgan fingerprint density at radius 1 is 1.15 bits per heavy atom. The average Bonchev–Trinajstić information content (AvgIpc) is 3.15. The molecule has 34 heavy (non-hydrogen) atoms. The van der Waals surface area contributed by atoms with Gasteiger partial charge in [-0.2, -0.15) is 5.26 Å². The predicted molar refractivity (Wildman–Crippen MR) is 129 cm³/mol. The number of aromatic carboxylic acids is 1. The molecule has 4 rings (SSSR count). The lowest BCUT2D eigenvalue weighted by Gasteiger charge is -2.17. The van der Waals surface area contributed by atoms with E-state index in [9.17, 15) is 23.3 Å². The first-order valence-electron chi connectivity index (χ1n) is 10.5. The fourth-order valence-electron chi connectivity index (χ4n) is 3.83. The van der Waals surface area contributed by atoms with Crippen molar-refractivity contribution < 1.29 is 23.1 Å². The number of amides is 1. The monoisotopic (exact) mass is 495 g/mol. The smallest absolute Gasteiger partial charge is 0.335 e. The normalized spacial score (nSPS) is 15.1. The second-order valence-electron chi connectivity index (χ2n) is 8.14. The molecule has 3 N–H and O–H groups in total.